The third kappa shape index (κ3) is 5.41. The highest BCUT2D eigenvalue weighted by molar-refractivity contribution is 5.82. The maximum absolute atomic E-state index is 12.6. The Kier molecular flexibility index (Phi) is 6.60. The first-order chi connectivity index (χ1) is 13.1. The highest BCUT2D eigenvalue weighted by atomic mass is 16.6. The summed E-state index contributed by atoms with van der Waals surface area (Å²) in [6.45, 7) is 8.23. The Morgan fingerprint density at radius 3 is 2.52 bits per heavy atom. The molecular formula is C22H28N3O2+. The molecule has 1 atom stereocenters. The van der Waals surface area contributed by atoms with E-state index in [1.807, 2.05) is 42.2 Å². The fourth-order valence-corrected chi connectivity index (χ4v) is 3.32. The molecule has 1 aliphatic rings. The van der Waals surface area contributed by atoms with Crippen LogP contribution in [0.2, 0.25) is 0 Å². The summed E-state index contributed by atoms with van der Waals surface area (Å²) < 4.78 is 0. The summed E-state index contributed by atoms with van der Waals surface area (Å²) in [5, 5.41) is 4.01. The topological polar surface area (TPSA) is 46.3 Å². The van der Waals surface area contributed by atoms with Crippen molar-refractivity contribution < 1.29 is 14.5 Å². The van der Waals surface area contributed by atoms with E-state index in [-0.39, 0.29) is 5.91 Å². The van der Waals surface area contributed by atoms with Gasteiger partial charge in [-0.15, -0.1) is 0 Å². The summed E-state index contributed by atoms with van der Waals surface area (Å²) in [6.07, 6.45) is 1.10. The number of hydrogen-bond donors (Lipinski definition) is 1. The van der Waals surface area contributed by atoms with Crippen molar-refractivity contribution in [3.8, 4) is 0 Å². The van der Waals surface area contributed by atoms with Gasteiger partial charge < -0.3 is 14.6 Å². The zero-order valence-electron chi connectivity index (χ0n) is 16.1. The van der Waals surface area contributed by atoms with E-state index >= 15 is 0 Å². The zero-order chi connectivity index (χ0) is 19.1. The molecule has 0 spiro atoms. The summed E-state index contributed by atoms with van der Waals surface area (Å²) in [6, 6.07) is 18.4. The van der Waals surface area contributed by atoms with Gasteiger partial charge in [0.05, 0.1) is 32.4 Å². The molecule has 2 aromatic carbocycles. The standard InChI is InChI=1S/C22H27N3O2/c1-18-8-6-7-11-21(18)16-23-27-19(2)22(26)25-14-12-24(13-15-25)17-20-9-4-3-5-10-20/h3-11,16,19H,12-15,17H2,1-2H3/p+1/b23-16-/t19-/m1/s1. The summed E-state index contributed by atoms with van der Waals surface area (Å²) >= 11 is 0. The Morgan fingerprint density at radius 1 is 1.15 bits per heavy atom. The van der Waals surface area contributed by atoms with Gasteiger partial charge in [0.2, 0.25) is 6.10 Å². The van der Waals surface area contributed by atoms with E-state index in [2.05, 4.69) is 29.4 Å². The number of amides is 1. The lowest BCUT2D eigenvalue weighted by molar-refractivity contribution is -0.917. The van der Waals surface area contributed by atoms with Gasteiger partial charge in [-0.05, 0) is 25.0 Å². The van der Waals surface area contributed by atoms with Crippen molar-refractivity contribution in [3.63, 3.8) is 0 Å². The van der Waals surface area contributed by atoms with Crippen molar-refractivity contribution in [2.75, 3.05) is 26.2 Å². The highest BCUT2D eigenvalue weighted by Gasteiger charge is 2.27. The SMILES string of the molecule is Cc1ccccc1/C=N\O[C@H](C)C(=O)N1CC[NH+](Cc2ccccc2)CC1. The number of quaternary nitrogens is 1. The van der Waals surface area contributed by atoms with Gasteiger partial charge in [0.25, 0.3) is 5.91 Å². The molecule has 1 heterocycles. The van der Waals surface area contributed by atoms with Crippen molar-refractivity contribution in [2.45, 2.75) is 26.5 Å². The molecule has 5 nitrogen and oxygen atoms in total. The minimum Gasteiger partial charge on any atom is -0.383 e. The maximum atomic E-state index is 12.6. The van der Waals surface area contributed by atoms with Crippen molar-refractivity contribution in [1.82, 2.24) is 4.90 Å². The van der Waals surface area contributed by atoms with Crippen molar-refractivity contribution in [3.05, 3.63) is 71.3 Å². The number of carbonyl (C=O) groups excluding carboxylic acids is 1. The van der Waals surface area contributed by atoms with Crippen LogP contribution in [0.5, 0.6) is 0 Å². The first-order valence-electron chi connectivity index (χ1n) is 9.54. The number of carbonyl (C=O) groups is 1. The number of oxime groups is 1. The monoisotopic (exact) mass is 366 g/mol. The number of aryl methyl sites for hydroxylation is 1. The molecule has 0 radical (unpaired) electrons. The quantitative estimate of drug-likeness (QED) is 0.624. The lowest BCUT2D eigenvalue weighted by Gasteiger charge is -2.33. The lowest BCUT2D eigenvalue weighted by Crippen LogP contribution is -3.13. The Balaban J connectivity index is 1.45. The van der Waals surface area contributed by atoms with Crippen molar-refractivity contribution in [2.24, 2.45) is 5.16 Å². The normalized spacial score (nSPS) is 16.4. The molecule has 1 amide bonds. The van der Waals surface area contributed by atoms with E-state index < -0.39 is 6.10 Å². The number of hydrogen-bond acceptors (Lipinski definition) is 3. The summed E-state index contributed by atoms with van der Waals surface area (Å²) in [4.78, 5) is 21.4. The molecule has 0 bridgehead atoms. The van der Waals surface area contributed by atoms with Crippen LogP contribution >= 0.6 is 0 Å². The molecule has 1 saturated heterocycles. The van der Waals surface area contributed by atoms with Crippen LogP contribution in [-0.2, 0) is 16.2 Å². The van der Waals surface area contributed by atoms with Crippen LogP contribution in [-0.4, -0.2) is 49.3 Å². The van der Waals surface area contributed by atoms with Gasteiger partial charge in [-0.3, -0.25) is 4.79 Å². The second-order valence-electron chi connectivity index (χ2n) is 7.08. The van der Waals surface area contributed by atoms with E-state index in [1.165, 1.54) is 10.5 Å². The summed E-state index contributed by atoms with van der Waals surface area (Å²) in [5.41, 5.74) is 3.46. The molecule has 1 fully saturated rings. The minimum absolute atomic E-state index is 0.00990. The lowest BCUT2D eigenvalue weighted by atomic mass is 10.1. The molecule has 1 aliphatic heterocycles. The molecule has 0 aliphatic carbocycles. The molecule has 1 N–H and O–H groups in total. The Bertz CT molecular complexity index is 768. The molecule has 142 valence electrons. The molecule has 0 aromatic heterocycles. The number of piperazine rings is 1. The van der Waals surface area contributed by atoms with E-state index in [0.717, 1.165) is 43.9 Å². The molecule has 0 saturated carbocycles. The average molecular weight is 366 g/mol. The maximum Gasteiger partial charge on any atom is 0.266 e. The molecule has 2 aromatic rings. The fraction of sp³-hybridized carbons (Fsp3) is 0.364. The van der Waals surface area contributed by atoms with E-state index in [1.54, 1.807) is 13.1 Å². The molecular weight excluding hydrogens is 338 g/mol. The molecule has 5 heteroatoms. The van der Waals surface area contributed by atoms with Crippen molar-refractivity contribution >= 4 is 12.1 Å². The van der Waals surface area contributed by atoms with Gasteiger partial charge in [0.1, 0.15) is 6.54 Å². The van der Waals surface area contributed by atoms with Crippen LogP contribution in [0.15, 0.2) is 59.8 Å². The zero-order valence-corrected chi connectivity index (χ0v) is 16.1. The van der Waals surface area contributed by atoms with Gasteiger partial charge in [-0.1, -0.05) is 59.8 Å². The number of rotatable bonds is 6. The Hall–Kier alpha value is -2.66. The van der Waals surface area contributed by atoms with Crippen LogP contribution < -0.4 is 4.90 Å². The van der Waals surface area contributed by atoms with Gasteiger partial charge in [0, 0.05) is 5.56 Å². The minimum atomic E-state index is -0.569. The summed E-state index contributed by atoms with van der Waals surface area (Å²) in [7, 11) is 0. The van der Waals surface area contributed by atoms with Gasteiger partial charge in [0.15, 0.2) is 0 Å². The van der Waals surface area contributed by atoms with Gasteiger partial charge >= 0.3 is 0 Å². The van der Waals surface area contributed by atoms with Crippen LogP contribution in [0.3, 0.4) is 0 Å². The third-order valence-electron chi connectivity index (χ3n) is 5.03. The van der Waals surface area contributed by atoms with E-state index in [4.69, 9.17) is 4.84 Å². The molecule has 3 rings (SSSR count). The first kappa shape index (κ1) is 19.1. The Morgan fingerprint density at radius 2 is 1.81 bits per heavy atom. The smallest absolute Gasteiger partial charge is 0.266 e. The predicted octanol–water partition coefficient (Wildman–Crippen LogP) is 1.66. The van der Waals surface area contributed by atoms with Gasteiger partial charge in [-0.25, -0.2) is 0 Å². The van der Waals surface area contributed by atoms with Gasteiger partial charge in [-0.2, -0.15) is 0 Å². The predicted molar refractivity (Wildman–Crippen MR) is 107 cm³/mol. The highest BCUT2D eigenvalue weighted by Crippen LogP contribution is 2.05. The largest absolute Gasteiger partial charge is 0.383 e. The Labute approximate surface area is 161 Å². The third-order valence-corrected chi connectivity index (χ3v) is 5.03. The van der Waals surface area contributed by atoms with Crippen LogP contribution in [0.25, 0.3) is 0 Å². The van der Waals surface area contributed by atoms with E-state index in [0.29, 0.717) is 0 Å². The van der Waals surface area contributed by atoms with E-state index in [9.17, 15) is 4.79 Å². The number of nitrogens with one attached hydrogen (secondary N) is 1. The first-order valence-corrected chi connectivity index (χ1v) is 9.54. The second-order valence-corrected chi connectivity index (χ2v) is 7.08. The van der Waals surface area contributed by atoms with Crippen LogP contribution in [0.4, 0.5) is 0 Å². The second kappa shape index (κ2) is 9.33. The molecule has 27 heavy (non-hydrogen) atoms. The summed E-state index contributed by atoms with van der Waals surface area (Å²) in [5.74, 6) is 0.00990. The fourth-order valence-electron chi connectivity index (χ4n) is 3.32. The number of benzene rings is 2. The van der Waals surface area contributed by atoms with Crippen molar-refractivity contribution in [1.29, 1.82) is 0 Å². The van der Waals surface area contributed by atoms with Crippen LogP contribution in [0, 0.1) is 6.92 Å². The molecule has 0 unspecified atom stereocenters. The average Bonchev–Trinajstić information content (AvgIpc) is 2.70. The number of nitrogens with zero attached hydrogens (tertiary/aromatic N) is 2. The van der Waals surface area contributed by atoms with Crippen LogP contribution in [0.1, 0.15) is 23.6 Å².